The first-order chi connectivity index (χ1) is 14.3. The van der Waals surface area contributed by atoms with E-state index in [2.05, 4.69) is 35.2 Å². The van der Waals surface area contributed by atoms with Crippen LogP contribution in [0.5, 0.6) is 0 Å². The van der Waals surface area contributed by atoms with Gasteiger partial charge in [0.15, 0.2) is 0 Å². The first-order valence-electron chi connectivity index (χ1n) is 9.66. The van der Waals surface area contributed by atoms with Crippen molar-refractivity contribution in [3.63, 3.8) is 0 Å². The van der Waals surface area contributed by atoms with E-state index in [-0.39, 0.29) is 19.8 Å². The quantitative estimate of drug-likeness (QED) is 0.323. The summed E-state index contributed by atoms with van der Waals surface area (Å²) in [6.45, 7) is 3.68. The molecule has 0 fully saturated rings. The van der Waals surface area contributed by atoms with E-state index in [0.717, 1.165) is 19.4 Å². The Balaban J connectivity index is 2.42. The van der Waals surface area contributed by atoms with Gasteiger partial charge in [-0.15, -0.1) is 19.3 Å². The third kappa shape index (κ3) is 12.0. The van der Waals surface area contributed by atoms with E-state index in [1.54, 1.807) is 0 Å². The lowest BCUT2D eigenvalue weighted by molar-refractivity contribution is -0.0233. The van der Waals surface area contributed by atoms with Crippen molar-refractivity contribution in [2.24, 2.45) is 0 Å². The van der Waals surface area contributed by atoms with Crippen LogP contribution in [0.4, 0.5) is 0 Å². The summed E-state index contributed by atoms with van der Waals surface area (Å²) in [5.41, 5.74) is 0.599. The van der Waals surface area contributed by atoms with E-state index >= 15 is 0 Å². The van der Waals surface area contributed by atoms with Crippen LogP contribution in [0.25, 0.3) is 0 Å². The first-order valence-corrected chi connectivity index (χ1v) is 9.66. The highest BCUT2D eigenvalue weighted by Crippen LogP contribution is 2.10. The molecule has 0 saturated carbocycles. The van der Waals surface area contributed by atoms with Crippen LogP contribution >= 0.6 is 0 Å². The molecule has 0 amide bonds. The molecule has 29 heavy (non-hydrogen) atoms. The number of unbranched alkanes of at least 4 members (excludes halogenated alkanes) is 1. The monoisotopic (exact) mass is 397 g/mol. The van der Waals surface area contributed by atoms with Gasteiger partial charge in [-0.3, -0.25) is 0 Å². The molecule has 1 rings (SSSR count). The van der Waals surface area contributed by atoms with Crippen LogP contribution in [-0.4, -0.2) is 58.3 Å². The Morgan fingerprint density at radius 2 is 1.31 bits per heavy atom. The Morgan fingerprint density at radius 3 is 1.83 bits per heavy atom. The third-order valence-electron chi connectivity index (χ3n) is 4.02. The zero-order valence-corrected chi connectivity index (χ0v) is 17.0. The summed E-state index contributed by atoms with van der Waals surface area (Å²) in [7, 11) is 0. The molecule has 0 atom stereocenters. The van der Waals surface area contributed by atoms with Gasteiger partial charge in [0.2, 0.25) is 0 Å². The minimum Gasteiger partial charge on any atom is -0.377 e. The number of rotatable bonds is 17. The normalized spacial score (nSPS) is 10.8. The highest BCUT2D eigenvalue weighted by Gasteiger charge is 2.31. The Hall–Kier alpha value is -2.30. The summed E-state index contributed by atoms with van der Waals surface area (Å²) in [5.74, 6) is 7.40. The van der Waals surface area contributed by atoms with Crippen LogP contribution < -0.4 is 5.32 Å². The van der Waals surface area contributed by atoms with Crippen LogP contribution in [0.1, 0.15) is 18.4 Å². The van der Waals surface area contributed by atoms with Gasteiger partial charge in [-0.05, 0) is 24.9 Å². The molecule has 0 aliphatic heterocycles. The molecule has 0 spiro atoms. The van der Waals surface area contributed by atoms with Crippen LogP contribution in [0.15, 0.2) is 30.3 Å². The average molecular weight is 398 g/mol. The predicted molar refractivity (Wildman–Crippen MR) is 115 cm³/mol. The van der Waals surface area contributed by atoms with E-state index in [1.807, 2.05) is 18.2 Å². The summed E-state index contributed by atoms with van der Waals surface area (Å²) < 4.78 is 22.4. The molecule has 0 aliphatic rings. The van der Waals surface area contributed by atoms with Crippen LogP contribution in [0.3, 0.4) is 0 Å². The van der Waals surface area contributed by atoms with Crippen molar-refractivity contribution >= 4 is 0 Å². The van der Waals surface area contributed by atoms with Gasteiger partial charge in [0, 0.05) is 6.61 Å². The van der Waals surface area contributed by atoms with Crippen molar-refractivity contribution in [1.82, 2.24) is 5.32 Å². The molecule has 1 aromatic rings. The molecule has 0 radical (unpaired) electrons. The van der Waals surface area contributed by atoms with E-state index < -0.39 is 5.54 Å². The Labute approximate surface area is 175 Å². The Kier molecular flexibility index (Phi) is 14.2. The van der Waals surface area contributed by atoms with Gasteiger partial charge < -0.3 is 24.3 Å². The number of terminal acetylenes is 3. The number of hydrogen-bond donors (Lipinski definition) is 1. The largest absolute Gasteiger partial charge is 0.377 e. The lowest BCUT2D eigenvalue weighted by atomic mass is 10.0. The van der Waals surface area contributed by atoms with Crippen LogP contribution in [0, 0.1) is 37.0 Å². The SMILES string of the molecule is C#CCOCC(COCC#C)(COCC#C)NCCCCOCc1ccccc1. The molecule has 5 heteroatoms. The fraction of sp³-hybridized carbons (Fsp3) is 0.500. The zero-order valence-electron chi connectivity index (χ0n) is 17.0. The van der Waals surface area contributed by atoms with Gasteiger partial charge in [0.1, 0.15) is 19.8 Å². The van der Waals surface area contributed by atoms with Gasteiger partial charge in [0.25, 0.3) is 0 Å². The highest BCUT2D eigenvalue weighted by atomic mass is 16.5. The molecule has 0 bridgehead atoms. The minimum absolute atomic E-state index is 0.209. The van der Waals surface area contributed by atoms with Gasteiger partial charge >= 0.3 is 0 Å². The second-order valence-corrected chi connectivity index (χ2v) is 6.54. The molecule has 5 nitrogen and oxygen atoms in total. The zero-order chi connectivity index (χ0) is 21.0. The van der Waals surface area contributed by atoms with Crippen molar-refractivity contribution in [1.29, 1.82) is 0 Å². The molecule has 0 aromatic heterocycles. The number of nitrogens with one attached hydrogen (secondary N) is 1. The maximum absolute atomic E-state index is 5.72. The van der Waals surface area contributed by atoms with Crippen molar-refractivity contribution < 1.29 is 18.9 Å². The summed E-state index contributed by atoms with van der Waals surface area (Å²) in [5, 5.41) is 3.48. The fourth-order valence-electron chi connectivity index (χ4n) is 2.64. The van der Waals surface area contributed by atoms with E-state index in [9.17, 15) is 0 Å². The van der Waals surface area contributed by atoms with Crippen molar-refractivity contribution in [3.8, 4) is 37.0 Å². The second kappa shape index (κ2) is 16.6. The maximum Gasteiger partial charge on any atom is 0.107 e. The molecule has 1 aromatic carbocycles. The molecule has 156 valence electrons. The molecular weight excluding hydrogens is 366 g/mol. The summed E-state index contributed by atoms with van der Waals surface area (Å²) in [6.07, 6.45) is 17.7. The third-order valence-corrected chi connectivity index (χ3v) is 4.02. The molecule has 0 aliphatic carbocycles. The Morgan fingerprint density at radius 1 is 0.759 bits per heavy atom. The predicted octanol–water partition coefficient (Wildman–Crippen LogP) is 2.26. The molecule has 0 heterocycles. The van der Waals surface area contributed by atoms with Gasteiger partial charge in [-0.2, -0.15) is 0 Å². The van der Waals surface area contributed by atoms with Crippen molar-refractivity contribution in [2.75, 3.05) is 52.8 Å². The summed E-state index contributed by atoms with van der Waals surface area (Å²) in [4.78, 5) is 0. The van der Waals surface area contributed by atoms with Gasteiger partial charge in [0.05, 0.1) is 32.0 Å². The summed E-state index contributed by atoms with van der Waals surface area (Å²) in [6, 6.07) is 10.1. The smallest absolute Gasteiger partial charge is 0.107 e. The minimum atomic E-state index is -0.574. The second-order valence-electron chi connectivity index (χ2n) is 6.54. The van der Waals surface area contributed by atoms with Crippen LogP contribution in [0.2, 0.25) is 0 Å². The van der Waals surface area contributed by atoms with E-state index in [0.29, 0.717) is 33.0 Å². The lowest BCUT2D eigenvalue weighted by Crippen LogP contribution is -2.57. The topological polar surface area (TPSA) is 49.0 Å². The highest BCUT2D eigenvalue weighted by molar-refractivity contribution is 5.13. The lowest BCUT2D eigenvalue weighted by Gasteiger charge is -2.34. The molecule has 0 saturated heterocycles. The molecule has 0 unspecified atom stereocenters. The van der Waals surface area contributed by atoms with Crippen LogP contribution in [-0.2, 0) is 25.6 Å². The summed E-state index contributed by atoms with van der Waals surface area (Å²) >= 11 is 0. The maximum atomic E-state index is 5.72. The number of benzene rings is 1. The first kappa shape index (κ1) is 24.7. The average Bonchev–Trinajstić information content (AvgIpc) is 2.74. The Bertz CT molecular complexity index is 604. The number of hydrogen-bond acceptors (Lipinski definition) is 5. The number of ether oxygens (including phenoxy) is 4. The van der Waals surface area contributed by atoms with Gasteiger partial charge in [-0.1, -0.05) is 48.1 Å². The van der Waals surface area contributed by atoms with Gasteiger partial charge in [-0.25, -0.2) is 0 Å². The van der Waals surface area contributed by atoms with E-state index in [4.69, 9.17) is 38.2 Å². The molecule has 1 N–H and O–H groups in total. The standard InChI is InChI=1S/C24H31NO4/c1-4-15-27-20-24(21-28-16-5-2,22-29-17-6-3)25-14-10-11-18-26-19-23-12-8-7-9-13-23/h1-3,7-9,12-13,25H,10-11,14-22H2. The molecular formula is C24H31NO4. The van der Waals surface area contributed by atoms with Crippen molar-refractivity contribution in [3.05, 3.63) is 35.9 Å². The van der Waals surface area contributed by atoms with Crippen molar-refractivity contribution in [2.45, 2.75) is 25.0 Å². The van der Waals surface area contributed by atoms with E-state index in [1.165, 1.54) is 5.56 Å². The fourth-order valence-corrected chi connectivity index (χ4v) is 2.64.